The molecular weight excluding hydrogens is 412 g/mol. The molecule has 0 saturated heterocycles. The topological polar surface area (TPSA) is 113 Å². The summed E-state index contributed by atoms with van der Waals surface area (Å²) in [5.74, 6) is 1.08. The van der Waals surface area contributed by atoms with Crippen molar-refractivity contribution in [1.82, 2.24) is 29.3 Å². The molecule has 0 aliphatic heterocycles. The first-order valence-electron chi connectivity index (χ1n) is 10.7. The quantitative estimate of drug-likeness (QED) is 0.399. The van der Waals surface area contributed by atoms with Gasteiger partial charge in [0.2, 0.25) is 5.95 Å². The number of nitrogens with zero attached hydrogens (tertiary/aromatic N) is 6. The van der Waals surface area contributed by atoms with E-state index in [9.17, 15) is 0 Å². The van der Waals surface area contributed by atoms with Gasteiger partial charge < -0.3 is 16.0 Å². The van der Waals surface area contributed by atoms with Gasteiger partial charge in [-0.2, -0.15) is 5.10 Å². The highest BCUT2D eigenvalue weighted by Gasteiger charge is 2.25. The maximum absolute atomic E-state index is 6.22. The molecule has 3 aromatic heterocycles. The van der Waals surface area contributed by atoms with E-state index in [1.807, 2.05) is 42.1 Å². The van der Waals surface area contributed by atoms with Crippen LogP contribution in [0.5, 0.6) is 0 Å². The van der Waals surface area contributed by atoms with Crippen molar-refractivity contribution < 1.29 is 0 Å². The number of nitrogens with two attached hydrogens (primary N) is 2. The normalized spacial score (nSPS) is 11.9. The summed E-state index contributed by atoms with van der Waals surface area (Å²) in [6.07, 6.45) is 5.40. The fraction of sp³-hybridized carbons (Fsp3) is 0.200. The summed E-state index contributed by atoms with van der Waals surface area (Å²) >= 11 is 0. The second kappa shape index (κ2) is 7.44. The lowest BCUT2D eigenvalue weighted by Crippen LogP contribution is -2.23. The average molecular weight is 439 g/mol. The molecule has 0 unspecified atom stereocenters. The van der Waals surface area contributed by atoms with E-state index in [0.29, 0.717) is 5.69 Å². The Hall–Kier alpha value is -4.20. The molecule has 0 radical (unpaired) electrons. The zero-order valence-electron chi connectivity index (χ0n) is 19.1. The minimum atomic E-state index is -0.224. The van der Waals surface area contributed by atoms with Crippen LogP contribution in [0.2, 0.25) is 0 Å². The van der Waals surface area contributed by atoms with Crippen molar-refractivity contribution in [2.24, 2.45) is 0 Å². The molecule has 8 nitrogen and oxygen atoms in total. The number of aryl methyl sites for hydroxylation is 1. The monoisotopic (exact) mass is 438 g/mol. The van der Waals surface area contributed by atoms with E-state index >= 15 is 0 Å². The van der Waals surface area contributed by atoms with Gasteiger partial charge in [-0.25, -0.2) is 19.6 Å². The molecule has 0 amide bonds. The number of hydrogen-bond acceptors (Lipinski definition) is 6. The summed E-state index contributed by atoms with van der Waals surface area (Å²) in [5, 5.41) is 4.62. The lowest BCUT2D eigenvalue weighted by Gasteiger charge is -2.25. The highest BCUT2D eigenvalue weighted by atomic mass is 15.3. The first-order chi connectivity index (χ1) is 15.7. The van der Waals surface area contributed by atoms with Crippen LogP contribution in [0.1, 0.15) is 26.5 Å². The van der Waals surface area contributed by atoms with Crippen LogP contribution in [0.4, 0.5) is 11.6 Å². The van der Waals surface area contributed by atoms with Gasteiger partial charge in [0.15, 0.2) is 0 Å². The Balaban J connectivity index is 1.76. The van der Waals surface area contributed by atoms with Gasteiger partial charge in [-0.3, -0.25) is 0 Å². The maximum atomic E-state index is 6.22. The number of fused-ring (bicyclic) bond motifs is 1. The second-order valence-electron chi connectivity index (χ2n) is 9.15. The summed E-state index contributed by atoms with van der Waals surface area (Å²) in [6, 6.07) is 14.0. The lowest BCUT2D eigenvalue weighted by atomic mass is 10.0. The molecule has 4 N–H and O–H groups in total. The molecular formula is C25H26N8. The molecule has 0 fully saturated rings. The molecule has 5 rings (SSSR count). The number of nitrogen functional groups attached to an aromatic ring is 2. The van der Waals surface area contributed by atoms with Crippen LogP contribution >= 0.6 is 0 Å². The molecule has 2 aromatic carbocycles. The zero-order valence-corrected chi connectivity index (χ0v) is 19.1. The minimum Gasteiger partial charge on any atom is -0.399 e. The van der Waals surface area contributed by atoms with Crippen molar-refractivity contribution in [3.63, 3.8) is 0 Å². The third-order valence-corrected chi connectivity index (χ3v) is 5.56. The Morgan fingerprint density at radius 2 is 1.64 bits per heavy atom. The summed E-state index contributed by atoms with van der Waals surface area (Å²) < 4.78 is 4.12. The number of hydrogen-bond donors (Lipinski definition) is 2. The third-order valence-electron chi connectivity index (χ3n) is 5.56. The number of rotatable bonds is 3. The van der Waals surface area contributed by atoms with Crippen LogP contribution in [-0.4, -0.2) is 29.3 Å². The molecule has 33 heavy (non-hydrogen) atoms. The van der Waals surface area contributed by atoms with Gasteiger partial charge in [0.1, 0.15) is 5.82 Å². The van der Waals surface area contributed by atoms with Crippen LogP contribution in [0.25, 0.3) is 39.2 Å². The summed E-state index contributed by atoms with van der Waals surface area (Å²) in [6.45, 7) is 8.48. The van der Waals surface area contributed by atoms with Gasteiger partial charge in [-0.1, -0.05) is 6.07 Å². The van der Waals surface area contributed by atoms with Crippen molar-refractivity contribution in [3.05, 3.63) is 66.7 Å². The zero-order chi connectivity index (χ0) is 23.3. The maximum Gasteiger partial charge on any atom is 0.219 e. The van der Waals surface area contributed by atoms with Gasteiger partial charge >= 0.3 is 0 Å². The van der Waals surface area contributed by atoms with Crippen LogP contribution < -0.4 is 11.5 Å². The summed E-state index contributed by atoms with van der Waals surface area (Å²) in [7, 11) is 0. The SMILES string of the molecule is Cc1ccn(-c2ccc(N)cc2-c2nc3cc(-c4cnc(N)nc4)ccc3n2C(C)(C)C)n1. The molecule has 3 heterocycles. The first kappa shape index (κ1) is 20.7. The van der Waals surface area contributed by atoms with Gasteiger partial charge in [-0.15, -0.1) is 0 Å². The van der Waals surface area contributed by atoms with E-state index in [4.69, 9.17) is 16.5 Å². The Labute approximate surface area is 191 Å². The van der Waals surface area contributed by atoms with Crippen molar-refractivity contribution >= 4 is 22.7 Å². The molecule has 0 atom stereocenters. The average Bonchev–Trinajstić information content (AvgIpc) is 3.37. The number of anilines is 2. The van der Waals surface area contributed by atoms with Crippen LogP contribution in [-0.2, 0) is 5.54 Å². The Morgan fingerprint density at radius 3 is 2.30 bits per heavy atom. The number of aromatic nitrogens is 6. The Bertz CT molecular complexity index is 1470. The third kappa shape index (κ3) is 3.69. The van der Waals surface area contributed by atoms with Gasteiger partial charge in [0.05, 0.1) is 22.4 Å². The van der Waals surface area contributed by atoms with Gasteiger partial charge in [0, 0.05) is 40.9 Å². The van der Waals surface area contributed by atoms with Crippen LogP contribution in [0, 0.1) is 6.92 Å². The smallest absolute Gasteiger partial charge is 0.219 e. The predicted molar refractivity (Wildman–Crippen MR) is 132 cm³/mol. The van der Waals surface area contributed by atoms with Gasteiger partial charge in [0.25, 0.3) is 0 Å². The summed E-state index contributed by atoms with van der Waals surface area (Å²) in [4.78, 5) is 13.3. The number of imidazole rings is 1. The Morgan fingerprint density at radius 1 is 0.879 bits per heavy atom. The van der Waals surface area contributed by atoms with E-state index in [0.717, 1.165) is 44.9 Å². The highest BCUT2D eigenvalue weighted by molar-refractivity contribution is 5.87. The minimum absolute atomic E-state index is 0.224. The van der Waals surface area contributed by atoms with Crippen LogP contribution in [0.15, 0.2) is 61.1 Å². The van der Waals surface area contributed by atoms with Gasteiger partial charge in [-0.05, 0) is 69.7 Å². The fourth-order valence-electron chi connectivity index (χ4n) is 4.09. The molecule has 5 aromatic rings. The van der Waals surface area contributed by atoms with Crippen molar-refractivity contribution in [3.8, 4) is 28.2 Å². The molecule has 0 bridgehead atoms. The predicted octanol–water partition coefficient (Wildman–Crippen LogP) is 4.57. The summed E-state index contributed by atoms with van der Waals surface area (Å²) in [5.41, 5.74) is 18.9. The highest BCUT2D eigenvalue weighted by Crippen LogP contribution is 2.36. The second-order valence-corrected chi connectivity index (χ2v) is 9.15. The van der Waals surface area contributed by atoms with E-state index in [2.05, 4.69) is 58.6 Å². The van der Waals surface area contributed by atoms with Crippen LogP contribution in [0.3, 0.4) is 0 Å². The molecule has 8 heteroatoms. The van der Waals surface area contributed by atoms with Crippen molar-refractivity contribution in [2.45, 2.75) is 33.2 Å². The molecule has 0 spiro atoms. The van der Waals surface area contributed by atoms with Crippen molar-refractivity contribution in [1.29, 1.82) is 0 Å². The largest absolute Gasteiger partial charge is 0.399 e. The molecule has 166 valence electrons. The number of benzene rings is 2. The van der Waals surface area contributed by atoms with E-state index in [-0.39, 0.29) is 11.5 Å². The molecule has 0 saturated carbocycles. The van der Waals surface area contributed by atoms with E-state index in [1.165, 1.54) is 0 Å². The molecule has 0 aliphatic carbocycles. The molecule has 0 aliphatic rings. The first-order valence-corrected chi connectivity index (χ1v) is 10.7. The standard InChI is InChI=1S/C25H26N8/c1-15-9-10-32(31-15)21-8-6-18(26)12-19(21)23-30-20-11-16(17-13-28-24(27)29-14-17)5-7-22(20)33(23)25(2,3)4/h5-14H,26H2,1-4H3,(H2,27,28,29). The van der Waals surface area contributed by atoms with Crippen molar-refractivity contribution in [2.75, 3.05) is 11.5 Å². The fourth-order valence-corrected chi connectivity index (χ4v) is 4.09. The van der Waals surface area contributed by atoms with E-state index in [1.54, 1.807) is 12.4 Å². The van der Waals surface area contributed by atoms with E-state index < -0.39 is 0 Å². The Kier molecular flexibility index (Phi) is 4.67. The lowest BCUT2D eigenvalue weighted by molar-refractivity contribution is 0.413.